The first-order valence-electron chi connectivity index (χ1n) is 8.80. The SMILES string of the molecule is Cc1nn(C)cc1[C@@H]1SCC(=O)Nc2c1c(=O)[nH]n2C1CCCCC1. The number of H-pyrrole nitrogens is 1. The number of aromatic amines is 1. The molecule has 2 aromatic rings. The van der Waals surface area contributed by atoms with Crippen molar-refractivity contribution >= 4 is 23.5 Å². The maximum absolute atomic E-state index is 12.8. The summed E-state index contributed by atoms with van der Waals surface area (Å²) in [7, 11) is 1.87. The van der Waals surface area contributed by atoms with Crippen LogP contribution in [0.4, 0.5) is 5.82 Å². The molecule has 1 atom stereocenters. The van der Waals surface area contributed by atoms with Gasteiger partial charge in [-0.2, -0.15) is 5.10 Å². The minimum atomic E-state index is -0.184. The van der Waals surface area contributed by atoms with Gasteiger partial charge in [-0.25, -0.2) is 0 Å². The molecule has 1 amide bonds. The zero-order valence-electron chi connectivity index (χ0n) is 14.5. The molecule has 4 rings (SSSR count). The number of thioether (sulfide) groups is 1. The van der Waals surface area contributed by atoms with Gasteiger partial charge in [-0.1, -0.05) is 19.3 Å². The van der Waals surface area contributed by atoms with Crippen LogP contribution in [0.1, 0.15) is 60.2 Å². The summed E-state index contributed by atoms with van der Waals surface area (Å²) in [5.41, 5.74) is 2.43. The number of amides is 1. The Morgan fingerprint density at radius 2 is 2.00 bits per heavy atom. The lowest BCUT2D eigenvalue weighted by Gasteiger charge is -2.24. The van der Waals surface area contributed by atoms with Crippen molar-refractivity contribution in [3.05, 3.63) is 33.4 Å². The van der Waals surface area contributed by atoms with E-state index >= 15 is 0 Å². The third-order valence-corrected chi connectivity index (χ3v) is 6.39. The first-order valence-corrected chi connectivity index (χ1v) is 9.85. The maximum atomic E-state index is 12.8. The third-order valence-electron chi connectivity index (χ3n) is 5.14. The normalized spacial score (nSPS) is 21.7. The lowest BCUT2D eigenvalue weighted by Crippen LogP contribution is -2.21. The summed E-state index contributed by atoms with van der Waals surface area (Å²) >= 11 is 1.49. The molecular weight excluding hydrogens is 338 g/mol. The fourth-order valence-electron chi connectivity index (χ4n) is 3.98. The van der Waals surface area contributed by atoms with Crippen LogP contribution in [0.15, 0.2) is 11.0 Å². The van der Waals surface area contributed by atoms with E-state index in [9.17, 15) is 9.59 Å². The van der Waals surface area contributed by atoms with E-state index in [1.807, 2.05) is 24.9 Å². The smallest absolute Gasteiger partial charge is 0.270 e. The zero-order valence-corrected chi connectivity index (χ0v) is 15.4. The molecule has 1 saturated carbocycles. The van der Waals surface area contributed by atoms with Crippen molar-refractivity contribution in [1.82, 2.24) is 19.6 Å². The van der Waals surface area contributed by atoms with E-state index in [1.165, 1.54) is 18.2 Å². The number of hydrogen-bond acceptors (Lipinski definition) is 4. The highest BCUT2D eigenvalue weighted by Crippen LogP contribution is 2.42. The van der Waals surface area contributed by atoms with Crippen LogP contribution in [0.25, 0.3) is 0 Å². The Labute approximate surface area is 150 Å². The van der Waals surface area contributed by atoms with Gasteiger partial charge in [0.25, 0.3) is 5.56 Å². The van der Waals surface area contributed by atoms with Crippen LogP contribution < -0.4 is 10.9 Å². The molecule has 0 saturated heterocycles. The molecule has 25 heavy (non-hydrogen) atoms. The van der Waals surface area contributed by atoms with Gasteiger partial charge in [0.1, 0.15) is 5.82 Å². The van der Waals surface area contributed by atoms with E-state index in [-0.39, 0.29) is 22.8 Å². The number of hydrogen-bond donors (Lipinski definition) is 2. The number of carbonyl (C=O) groups is 1. The number of nitrogens with zero attached hydrogens (tertiary/aromatic N) is 3. The fourth-order valence-corrected chi connectivity index (χ4v) is 5.16. The van der Waals surface area contributed by atoms with Gasteiger partial charge in [-0.15, -0.1) is 11.8 Å². The lowest BCUT2D eigenvalue weighted by molar-refractivity contribution is -0.113. The van der Waals surface area contributed by atoms with Crippen LogP contribution in [0.2, 0.25) is 0 Å². The molecule has 0 radical (unpaired) electrons. The number of nitrogens with one attached hydrogen (secondary N) is 2. The summed E-state index contributed by atoms with van der Waals surface area (Å²) in [6.07, 6.45) is 7.59. The van der Waals surface area contributed by atoms with Gasteiger partial charge in [0.2, 0.25) is 5.91 Å². The molecule has 7 nitrogen and oxygen atoms in total. The van der Waals surface area contributed by atoms with Gasteiger partial charge in [-0.3, -0.25) is 24.1 Å². The van der Waals surface area contributed by atoms with E-state index in [4.69, 9.17) is 0 Å². The van der Waals surface area contributed by atoms with Gasteiger partial charge in [-0.05, 0) is 19.8 Å². The van der Waals surface area contributed by atoms with E-state index in [2.05, 4.69) is 15.5 Å². The van der Waals surface area contributed by atoms with E-state index in [0.717, 1.165) is 36.9 Å². The molecule has 0 spiro atoms. The van der Waals surface area contributed by atoms with Gasteiger partial charge >= 0.3 is 0 Å². The molecule has 2 N–H and O–H groups in total. The first-order chi connectivity index (χ1) is 12.0. The molecule has 2 aromatic heterocycles. The average Bonchev–Trinajstić information content (AvgIpc) is 3.02. The number of rotatable bonds is 2. The molecule has 0 aromatic carbocycles. The average molecular weight is 361 g/mol. The summed E-state index contributed by atoms with van der Waals surface area (Å²) < 4.78 is 3.68. The van der Waals surface area contributed by atoms with Crippen molar-refractivity contribution in [3.63, 3.8) is 0 Å². The van der Waals surface area contributed by atoms with E-state index < -0.39 is 0 Å². The molecule has 1 aliphatic carbocycles. The molecule has 0 unspecified atom stereocenters. The highest BCUT2D eigenvalue weighted by molar-refractivity contribution is 8.00. The number of fused-ring (bicyclic) bond motifs is 1. The minimum absolute atomic E-state index is 0.0566. The molecule has 134 valence electrons. The predicted octanol–water partition coefficient (Wildman–Crippen LogP) is 2.50. The van der Waals surface area contributed by atoms with Crippen molar-refractivity contribution in [2.75, 3.05) is 11.1 Å². The predicted molar refractivity (Wildman–Crippen MR) is 98.1 cm³/mol. The van der Waals surface area contributed by atoms with Gasteiger partial charge in [0, 0.05) is 18.8 Å². The van der Waals surface area contributed by atoms with Crippen molar-refractivity contribution in [2.45, 2.75) is 50.3 Å². The van der Waals surface area contributed by atoms with Crippen LogP contribution >= 0.6 is 11.8 Å². The second kappa shape index (κ2) is 6.40. The Hall–Kier alpha value is -1.96. The van der Waals surface area contributed by atoms with E-state index in [1.54, 1.807) is 4.68 Å². The largest absolute Gasteiger partial charge is 0.310 e. The Morgan fingerprint density at radius 1 is 1.24 bits per heavy atom. The highest BCUT2D eigenvalue weighted by atomic mass is 32.2. The van der Waals surface area contributed by atoms with Crippen molar-refractivity contribution in [2.24, 2.45) is 7.05 Å². The molecule has 1 fully saturated rings. The van der Waals surface area contributed by atoms with Crippen molar-refractivity contribution in [3.8, 4) is 0 Å². The van der Waals surface area contributed by atoms with Crippen molar-refractivity contribution in [1.29, 1.82) is 0 Å². The second-order valence-electron chi connectivity index (χ2n) is 6.95. The van der Waals surface area contributed by atoms with Crippen LogP contribution in [-0.2, 0) is 11.8 Å². The number of carbonyl (C=O) groups excluding carboxylic acids is 1. The summed E-state index contributed by atoms with van der Waals surface area (Å²) in [5.74, 6) is 0.927. The summed E-state index contributed by atoms with van der Waals surface area (Å²) in [6, 6.07) is 0.254. The molecule has 2 aliphatic rings. The minimum Gasteiger partial charge on any atom is -0.310 e. The summed E-state index contributed by atoms with van der Waals surface area (Å²) in [6.45, 7) is 1.95. The summed E-state index contributed by atoms with van der Waals surface area (Å²) in [4.78, 5) is 25.1. The third kappa shape index (κ3) is 2.92. The van der Waals surface area contributed by atoms with Gasteiger partial charge in [0.05, 0.1) is 28.3 Å². The second-order valence-corrected chi connectivity index (χ2v) is 8.04. The molecule has 1 aliphatic heterocycles. The molecule has 0 bridgehead atoms. The Balaban J connectivity index is 1.84. The monoisotopic (exact) mass is 361 g/mol. The van der Waals surface area contributed by atoms with Crippen molar-refractivity contribution < 1.29 is 4.79 Å². The highest BCUT2D eigenvalue weighted by Gasteiger charge is 2.33. The summed E-state index contributed by atoms with van der Waals surface area (Å²) in [5, 5.41) is 10.2. The zero-order chi connectivity index (χ0) is 17.6. The molecule has 3 heterocycles. The quantitative estimate of drug-likeness (QED) is 0.861. The van der Waals surface area contributed by atoms with Crippen LogP contribution in [0.3, 0.4) is 0 Å². The number of aromatic nitrogens is 4. The molecular formula is C17H23N5O2S. The number of aryl methyl sites for hydroxylation is 2. The van der Waals surface area contributed by atoms with Gasteiger partial charge in [0.15, 0.2) is 0 Å². The Kier molecular flexibility index (Phi) is 4.23. The van der Waals surface area contributed by atoms with Crippen LogP contribution in [0, 0.1) is 6.92 Å². The maximum Gasteiger partial charge on any atom is 0.270 e. The first kappa shape index (κ1) is 16.5. The van der Waals surface area contributed by atoms with Crippen LogP contribution in [-0.4, -0.2) is 31.2 Å². The lowest BCUT2D eigenvalue weighted by atomic mass is 9.95. The van der Waals surface area contributed by atoms with Crippen LogP contribution in [0.5, 0.6) is 0 Å². The Bertz CT molecular complexity index is 859. The Morgan fingerprint density at radius 3 is 2.68 bits per heavy atom. The number of anilines is 1. The fraction of sp³-hybridized carbons (Fsp3) is 0.588. The standard InChI is InChI=1S/C17H23N5O2S/c1-10-12(8-21(2)19-10)15-14-16(18-13(23)9-25-15)22(20-17(14)24)11-6-4-3-5-7-11/h8,11,15H,3-7,9H2,1-2H3,(H,18,23)(H,20,24)/t15-/m0/s1. The molecule has 8 heteroatoms. The topological polar surface area (TPSA) is 84.7 Å². The van der Waals surface area contributed by atoms with Gasteiger partial charge < -0.3 is 5.32 Å². The van der Waals surface area contributed by atoms with E-state index in [0.29, 0.717) is 17.1 Å².